The highest BCUT2D eigenvalue weighted by atomic mass is 16.2. The van der Waals surface area contributed by atoms with Gasteiger partial charge >= 0.3 is 0 Å². The maximum atomic E-state index is 12.7. The summed E-state index contributed by atoms with van der Waals surface area (Å²) in [4.78, 5) is 50.1. The molecule has 0 aliphatic carbocycles. The molecule has 11 nitrogen and oxygen atoms in total. The standard InChI is InChI=1S/C25H29N9O2/c1-16-5-4-6-17-13-18(14-31-24(35)21-22(26)30-10-9-29-21)23(32-20(16)17)33(2)11-12-34(3)25(36)19-15-27-7-8-28-19/h4-10,13,15,21-22H,11-12,14,26H2,1-3H3,(H,31,35). The predicted molar refractivity (Wildman–Crippen MR) is 139 cm³/mol. The summed E-state index contributed by atoms with van der Waals surface area (Å²) < 4.78 is 0. The lowest BCUT2D eigenvalue weighted by molar-refractivity contribution is -0.122. The molecule has 1 aliphatic rings. The summed E-state index contributed by atoms with van der Waals surface area (Å²) in [5.41, 5.74) is 8.98. The van der Waals surface area contributed by atoms with E-state index in [1.807, 2.05) is 43.1 Å². The Morgan fingerprint density at radius 1 is 1.11 bits per heavy atom. The van der Waals surface area contributed by atoms with Crippen LogP contribution in [0.5, 0.6) is 0 Å². The van der Waals surface area contributed by atoms with Crippen LogP contribution in [0.4, 0.5) is 5.82 Å². The largest absolute Gasteiger partial charge is 0.358 e. The van der Waals surface area contributed by atoms with E-state index in [0.29, 0.717) is 24.6 Å². The number of anilines is 1. The van der Waals surface area contributed by atoms with Crippen LogP contribution in [0.25, 0.3) is 10.9 Å². The first kappa shape index (κ1) is 24.9. The molecule has 11 heteroatoms. The second kappa shape index (κ2) is 11.0. The van der Waals surface area contributed by atoms with Crippen LogP contribution in [-0.2, 0) is 11.3 Å². The first-order chi connectivity index (χ1) is 17.3. The van der Waals surface area contributed by atoms with E-state index in [0.717, 1.165) is 22.0 Å². The quantitative estimate of drug-likeness (QED) is 0.482. The molecule has 36 heavy (non-hydrogen) atoms. The number of nitrogens with two attached hydrogens (primary N) is 1. The molecule has 3 heterocycles. The van der Waals surface area contributed by atoms with E-state index in [9.17, 15) is 9.59 Å². The summed E-state index contributed by atoms with van der Waals surface area (Å²) in [7, 11) is 3.63. The molecule has 0 spiro atoms. The maximum absolute atomic E-state index is 12.7. The molecule has 0 fully saturated rings. The van der Waals surface area contributed by atoms with E-state index < -0.39 is 12.2 Å². The van der Waals surface area contributed by atoms with Gasteiger partial charge in [-0.1, -0.05) is 18.2 Å². The fourth-order valence-electron chi connectivity index (χ4n) is 3.90. The van der Waals surface area contributed by atoms with Gasteiger partial charge in [0.25, 0.3) is 5.91 Å². The SMILES string of the molecule is Cc1cccc2cc(CNC(=O)C3N=CC=NC3N)c(N(C)CCN(C)C(=O)c3cnccn3)nc12. The number of nitrogens with one attached hydrogen (secondary N) is 1. The molecule has 0 saturated heterocycles. The Morgan fingerprint density at radius 2 is 1.92 bits per heavy atom. The van der Waals surface area contributed by atoms with Gasteiger partial charge in [-0.05, 0) is 18.6 Å². The molecular weight excluding hydrogens is 458 g/mol. The third-order valence-electron chi connectivity index (χ3n) is 5.98. The highest BCUT2D eigenvalue weighted by molar-refractivity contribution is 6.17. The number of pyridine rings is 1. The zero-order valence-electron chi connectivity index (χ0n) is 20.5. The first-order valence-corrected chi connectivity index (χ1v) is 11.5. The minimum atomic E-state index is -0.771. The number of carbonyl (C=O) groups excluding carboxylic acids is 2. The van der Waals surface area contributed by atoms with Crippen LogP contribution in [0.15, 0.2) is 52.8 Å². The molecule has 0 bridgehead atoms. The summed E-state index contributed by atoms with van der Waals surface area (Å²) in [6.07, 6.45) is 6.73. The number of carbonyl (C=O) groups is 2. The van der Waals surface area contributed by atoms with Crippen molar-refractivity contribution < 1.29 is 9.59 Å². The van der Waals surface area contributed by atoms with Gasteiger partial charge in [-0.25, -0.2) is 9.97 Å². The highest BCUT2D eigenvalue weighted by Crippen LogP contribution is 2.25. The number of benzene rings is 1. The van der Waals surface area contributed by atoms with E-state index >= 15 is 0 Å². The van der Waals surface area contributed by atoms with Gasteiger partial charge in [-0.3, -0.25) is 24.6 Å². The van der Waals surface area contributed by atoms with E-state index in [-0.39, 0.29) is 18.4 Å². The van der Waals surface area contributed by atoms with Crippen molar-refractivity contribution >= 4 is 41.0 Å². The predicted octanol–water partition coefficient (Wildman–Crippen LogP) is 0.966. The molecule has 2 atom stereocenters. The van der Waals surface area contributed by atoms with Crippen LogP contribution in [0, 0.1) is 6.92 Å². The van der Waals surface area contributed by atoms with Crippen molar-refractivity contribution in [1.82, 2.24) is 25.2 Å². The Hall–Kier alpha value is -4.25. The number of rotatable bonds is 8. The Kier molecular flexibility index (Phi) is 7.59. The van der Waals surface area contributed by atoms with Crippen LogP contribution in [0.3, 0.4) is 0 Å². The fourth-order valence-corrected chi connectivity index (χ4v) is 3.90. The minimum Gasteiger partial charge on any atom is -0.358 e. The molecule has 4 rings (SSSR count). The molecule has 0 radical (unpaired) electrons. The minimum absolute atomic E-state index is 0.210. The van der Waals surface area contributed by atoms with Crippen LogP contribution >= 0.6 is 0 Å². The molecule has 1 aromatic carbocycles. The molecule has 1 aliphatic heterocycles. The second-order valence-electron chi connectivity index (χ2n) is 8.61. The summed E-state index contributed by atoms with van der Waals surface area (Å²) in [5.74, 6) is 0.202. The number of aryl methyl sites for hydroxylation is 1. The monoisotopic (exact) mass is 487 g/mol. The molecule has 2 amide bonds. The topological polar surface area (TPSA) is 142 Å². The lowest BCUT2D eigenvalue weighted by Crippen LogP contribution is -2.45. The van der Waals surface area contributed by atoms with Gasteiger partial charge < -0.3 is 20.9 Å². The number of hydrogen-bond acceptors (Lipinski definition) is 9. The summed E-state index contributed by atoms with van der Waals surface area (Å²) in [6.45, 7) is 3.21. The van der Waals surface area contributed by atoms with Gasteiger partial charge in [-0.15, -0.1) is 0 Å². The van der Waals surface area contributed by atoms with Gasteiger partial charge in [0.15, 0.2) is 6.04 Å². The zero-order chi connectivity index (χ0) is 25.7. The number of hydrogen-bond donors (Lipinski definition) is 2. The van der Waals surface area contributed by atoms with Gasteiger partial charge in [0.05, 0.1) is 11.7 Å². The van der Waals surface area contributed by atoms with Crippen molar-refractivity contribution in [2.75, 3.05) is 32.1 Å². The van der Waals surface area contributed by atoms with Gasteiger partial charge in [0.2, 0.25) is 5.91 Å². The van der Waals surface area contributed by atoms with Crippen molar-refractivity contribution in [2.45, 2.75) is 25.7 Å². The van der Waals surface area contributed by atoms with E-state index in [4.69, 9.17) is 10.7 Å². The van der Waals surface area contributed by atoms with Crippen molar-refractivity contribution in [2.24, 2.45) is 15.7 Å². The number of nitrogens with zero attached hydrogens (tertiary/aromatic N) is 7. The van der Waals surface area contributed by atoms with Crippen molar-refractivity contribution in [3.8, 4) is 0 Å². The third-order valence-corrected chi connectivity index (χ3v) is 5.98. The molecule has 186 valence electrons. The average molecular weight is 488 g/mol. The summed E-state index contributed by atoms with van der Waals surface area (Å²) in [5, 5.41) is 3.90. The zero-order valence-corrected chi connectivity index (χ0v) is 20.5. The molecular formula is C25H29N9O2. The van der Waals surface area contributed by atoms with Crippen molar-refractivity contribution in [1.29, 1.82) is 0 Å². The van der Waals surface area contributed by atoms with Crippen LogP contribution < -0.4 is 16.0 Å². The number of aliphatic imine (C=N–C) groups is 2. The maximum Gasteiger partial charge on any atom is 0.273 e. The lowest BCUT2D eigenvalue weighted by atomic mass is 10.1. The van der Waals surface area contributed by atoms with Crippen LogP contribution in [0.2, 0.25) is 0 Å². The second-order valence-corrected chi connectivity index (χ2v) is 8.61. The normalized spacial score (nSPS) is 16.7. The number of likely N-dealkylation sites (N-methyl/N-ethyl adjacent to an activating group) is 2. The Labute approximate surface area is 209 Å². The Balaban J connectivity index is 1.52. The van der Waals surface area contributed by atoms with Gasteiger partial charge in [0.1, 0.15) is 17.7 Å². The summed E-state index contributed by atoms with van der Waals surface area (Å²) >= 11 is 0. The average Bonchev–Trinajstić information content (AvgIpc) is 2.90. The molecule has 2 aromatic heterocycles. The number of aromatic nitrogens is 3. The molecule has 3 aromatic rings. The molecule has 0 saturated carbocycles. The third kappa shape index (κ3) is 5.52. The summed E-state index contributed by atoms with van der Waals surface area (Å²) in [6, 6.07) is 7.24. The molecule has 3 N–H and O–H groups in total. The Bertz CT molecular complexity index is 1310. The Morgan fingerprint density at radius 3 is 2.67 bits per heavy atom. The first-order valence-electron chi connectivity index (χ1n) is 11.5. The number of amides is 2. The van der Waals surface area contributed by atoms with E-state index in [1.165, 1.54) is 31.0 Å². The lowest BCUT2D eigenvalue weighted by Gasteiger charge is -2.26. The van der Waals surface area contributed by atoms with Crippen LogP contribution in [-0.4, -0.2) is 83.5 Å². The van der Waals surface area contributed by atoms with Gasteiger partial charge in [-0.2, -0.15) is 0 Å². The van der Waals surface area contributed by atoms with E-state index in [1.54, 1.807) is 11.9 Å². The molecule has 2 unspecified atom stereocenters. The van der Waals surface area contributed by atoms with Crippen molar-refractivity contribution in [3.05, 3.63) is 59.7 Å². The van der Waals surface area contributed by atoms with Crippen molar-refractivity contribution in [3.63, 3.8) is 0 Å². The smallest absolute Gasteiger partial charge is 0.273 e. The van der Waals surface area contributed by atoms with E-state index in [2.05, 4.69) is 25.3 Å². The van der Waals surface area contributed by atoms with Crippen LogP contribution in [0.1, 0.15) is 21.6 Å². The van der Waals surface area contributed by atoms with Gasteiger partial charge in [0, 0.05) is 69.5 Å². The fraction of sp³-hybridized carbons (Fsp3) is 0.320. The number of para-hydroxylation sites is 1. The number of fused-ring (bicyclic) bond motifs is 1. The highest BCUT2D eigenvalue weighted by Gasteiger charge is 2.25.